The van der Waals surface area contributed by atoms with E-state index in [-0.39, 0.29) is 31.3 Å². The molecule has 0 unspecified atom stereocenters. The zero-order chi connectivity index (χ0) is 7.78. The predicted molar refractivity (Wildman–Crippen MR) is 38.6 cm³/mol. The largest absolute Gasteiger partial charge is 0.391 e. The second kappa shape index (κ2) is 3.63. The Bertz CT molecular complexity index is 125. The van der Waals surface area contributed by atoms with Crippen molar-refractivity contribution in [1.82, 2.24) is 0 Å². The number of rotatable bonds is 0. The molecule has 2 N–H and O–H groups in total. The normalized spacial score (nSPS) is 31.6. The number of alkyl halides is 3. The number of nitrogens with two attached hydrogens (primary N) is 1. The van der Waals surface area contributed by atoms with Crippen molar-refractivity contribution in [3.63, 3.8) is 0 Å². The molecule has 0 bridgehead atoms. The highest BCUT2D eigenvalue weighted by molar-refractivity contribution is 5.85. The van der Waals surface area contributed by atoms with E-state index in [1.165, 1.54) is 0 Å². The average molecular weight is 190 g/mol. The Morgan fingerprint density at radius 1 is 1.18 bits per heavy atom. The van der Waals surface area contributed by atoms with Gasteiger partial charge in [0.2, 0.25) is 0 Å². The van der Waals surface area contributed by atoms with Gasteiger partial charge in [-0.05, 0) is 19.3 Å². The molecule has 2 atom stereocenters. The van der Waals surface area contributed by atoms with E-state index < -0.39 is 12.1 Å². The number of halogens is 4. The van der Waals surface area contributed by atoms with E-state index in [4.69, 9.17) is 5.73 Å². The maximum atomic E-state index is 11.9. The molecular weight excluding hydrogens is 179 g/mol. The standard InChI is InChI=1S/C6H10F3N.ClH/c7-6(8,9)4-1-2-5(10)3-4;/h4-5H,1-3,10H2;1H/t4-,5-;/m1./s1. The van der Waals surface area contributed by atoms with Crippen LogP contribution >= 0.6 is 12.4 Å². The van der Waals surface area contributed by atoms with Crippen molar-refractivity contribution in [3.05, 3.63) is 0 Å². The summed E-state index contributed by atoms with van der Waals surface area (Å²) in [5.74, 6) is -1.14. The smallest absolute Gasteiger partial charge is 0.328 e. The zero-order valence-electron chi connectivity index (χ0n) is 5.90. The Labute approximate surface area is 69.5 Å². The van der Waals surface area contributed by atoms with E-state index in [0.29, 0.717) is 6.42 Å². The molecule has 11 heavy (non-hydrogen) atoms. The lowest BCUT2D eigenvalue weighted by Crippen LogP contribution is -2.22. The van der Waals surface area contributed by atoms with Crippen LogP contribution in [-0.4, -0.2) is 12.2 Å². The van der Waals surface area contributed by atoms with E-state index in [9.17, 15) is 13.2 Å². The van der Waals surface area contributed by atoms with Crippen LogP contribution in [0.3, 0.4) is 0 Å². The molecule has 1 aliphatic rings. The van der Waals surface area contributed by atoms with E-state index in [1.54, 1.807) is 0 Å². The molecule has 1 nitrogen and oxygen atoms in total. The first-order valence-corrected chi connectivity index (χ1v) is 3.32. The van der Waals surface area contributed by atoms with Crippen molar-refractivity contribution in [2.75, 3.05) is 0 Å². The van der Waals surface area contributed by atoms with Gasteiger partial charge in [-0.25, -0.2) is 0 Å². The predicted octanol–water partition coefficient (Wildman–Crippen LogP) is 2.10. The molecule has 0 spiro atoms. The van der Waals surface area contributed by atoms with Crippen LogP contribution in [0.1, 0.15) is 19.3 Å². The van der Waals surface area contributed by atoms with Gasteiger partial charge in [0.05, 0.1) is 5.92 Å². The molecule has 0 aromatic heterocycles. The van der Waals surface area contributed by atoms with E-state index in [0.717, 1.165) is 0 Å². The van der Waals surface area contributed by atoms with Gasteiger partial charge in [0, 0.05) is 6.04 Å². The van der Waals surface area contributed by atoms with Crippen LogP contribution in [0.4, 0.5) is 13.2 Å². The maximum Gasteiger partial charge on any atom is 0.391 e. The lowest BCUT2D eigenvalue weighted by molar-refractivity contribution is -0.172. The lowest BCUT2D eigenvalue weighted by Gasteiger charge is -2.12. The molecule has 0 radical (unpaired) electrons. The van der Waals surface area contributed by atoms with Crippen LogP contribution in [0, 0.1) is 5.92 Å². The number of hydrogen-bond acceptors (Lipinski definition) is 1. The van der Waals surface area contributed by atoms with Gasteiger partial charge in [-0.15, -0.1) is 12.4 Å². The fraction of sp³-hybridized carbons (Fsp3) is 1.00. The molecule has 1 saturated carbocycles. The third-order valence-corrected chi connectivity index (χ3v) is 1.94. The Hall–Kier alpha value is 0.0400. The van der Waals surface area contributed by atoms with Gasteiger partial charge >= 0.3 is 6.18 Å². The summed E-state index contributed by atoms with van der Waals surface area (Å²) in [6.07, 6.45) is -3.17. The minimum Gasteiger partial charge on any atom is -0.328 e. The number of hydrogen-bond donors (Lipinski definition) is 1. The quantitative estimate of drug-likeness (QED) is 0.621. The highest BCUT2D eigenvalue weighted by Crippen LogP contribution is 2.37. The summed E-state index contributed by atoms with van der Waals surface area (Å²) < 4.78 is 35.6. The van der Waals surface area contributed by atoms with Crippen molar-refractivity contribution in [2.24, 2.45) is 11.7 Å². The van der Waals surface area contributed by atoms with Gasteiger partial charge in [0.15, 0.2) is 0 Å². The van der Waals surface area contributed by atoms with Crippen LogP contribution in [0.2, 0.25) is 0 Å². The topological polar surface area (TPSA) is 26.0 Å². The van der Waals surface area contributed by atoms with Crippen molar-refractivity contribution in [1.29, 1.82) is 0 Å². The molecule has 1 rings (SSSR count). The van der Waals surface area contributed by atoms with Crippen molar-refractivity contribution < 1.29 is 13.2 Å². The maximum absolute atomic E-state index is 11.9. The van der Waals surface area contributed by atoms with E-state index in [2.05, 4.69) is 0 Å². The van der Waals surface area contributed by atoms with E-state index >= 15 is 0 Å². The summed E-state index contributed by atoms with van der Waals surface area (Å²) in [7, 11) is 0. The first-order valence-electron chi connectivity index (χ1n) is 3.32. The fourth-order valence-electron chi connectivity index (χ4n) is 1.31. The second-order valence-corrected chi connectivity index (χ2v) is 2.81. The average Bonchev–Trinajstić information content (AvgIpc) is 2.11. The summed E-state index contributed by atoms with van der Waals surface area (Å²) in [4.78, 5) is 0. The molecule has 0 amide bonds. The molecule has 0 heterocycles. The first-order chi connectivity index (χ1) is 4.50. The van der Waals surface area contributed by atoms with Crippen LogP contribution in [0.15, 0.2) is 0 Å². The summed E-state index contributed by atoms with van der Waals surface area (Å²) >= 11 is 0. The summed E-state index contributed by atoms with van der Waals surface area (Å²) in [5.41, 5.74) is 5.32. The Morgan fingerprint density at radius 3 is 1.91 bits per heavy atom. The molecule has 1 aliphatic carbocycles. The molecular formula is C6H11ClF3N. The molecule has 5 heteroatoms. The highest BCUT2D eigenvalue weighted by atomic mass is 35.5. The SMILES string of the molecule is Cl.N[C@@H]1CC[C@@H](C(F)(F)F)C1. The lowest BCUT2D eigenvalue weighted by atomic mass is 10.1. The molecule has 68 valence electrons. The summed E-state index contributed by atoms with van der Waals surface area (Å²) in [6.45, 7) is 0. The van der Waals surface area contributed by atoms with Gasteiger partial charge < -0.3 is 5.73 Å². The van der Waals surface area contributed by atoms with Crippen molar-refractivity contribution in [3.8, 4) is 0 Å². The van der Waals surface area contributed by atoms with Gasteiger partial charge in [-0.3, -0.25) is 0 Å². The molecule has 0 saturated heterocycles. The van der Waals surface area contributed by atoms with Crippen LogP contribution in [-0.2, 0) is 0 Å². The minimum absolute atomic E-state index is 0. The third-order valence-electron chi connectivity index (χ3n) is 1.94. The van der Waals surface area contributed by atoms with Crippen LogP contribution < -0.4 is 5.73 Å². The zero-order valence-corrected chi connectivity index (χ0v) is 6.71. The third kappa shape index (κ3) is 2.87. The monoisotopic (exact) mass is 189 g/mol. The van der Waals surface area contributed by atoms with Gasteiger partial charge in [-0.1, -0.05) is 0 Å². The van der Waals surface area contributed by atoms with Gasteiger partial charge in [-0.2, -0.15) is 13.2 Å². The van der Waals surface area contributed by atoms with Crippen LogP contribution in [0.5, 0.6) is 0 Å². The Balaban J connectivity index is 0.000001000. The Kier molecular flexibility index (Phi) is 3.64. The fourth-order valence-corrected chi connectivity index (χ4v) is 1.31. The first kappa shape index (κ1) is 11.0. The summed E-state index contributed by atoms with van der Waals surface area (Å²) in [5, 5.41) is 0. The van der Waals surface area contributed by atoms with Crippen LogP contribution in [0.25, 0.3) is 0 Å². The molecule has 0 aromatic rings. The molecule has 0 aromatic carbocycles. The summed E-state index contributed by atoms with van der Waals surface area (Å²) in [6, 6.07) is -0.230. The Morgan fingerprint density at radius 2 is 1.73 bits per heavy atom. The van der Waals surface area contributed by atoms with Gasteiger partial charge in [0.1, 0.15) is 0 Å². The van der Waals surface area contributed by atoms with Gasteiger partial charge in [0.25, 0.3) is 0 Å². The molecule has 1 fully saturated rings. The van der Waals surface area contributed by atoms with Crippen molar-refractivity contribution in [2.45, 2.75) is 31.5 Å². The van der Waals surface area contributed by atoms with Crippen molar-refractivity contribution >= 4 is 12.4 Å². The minimum atomic E-state index is -4.02. The second-order valence-electron chi connectivity index (χ2n) is 2.81. The van der Waals surface area contributed by atoms with E-state index in [1.807, 2.05) is 0 Å². The highest BCUT2D eigenvalue weighted by Gasteiger charge is 2.42. The molecule has 0 aliphatic heterocycles.